The van der Waals surface area contributed by atoms with Crippen molar-refractivity contribution in [3.63, 3.8) is 0 Å². The lowest BCUT2D eigenvalue weighted by Gasteiger charge is -2.33. The largest absolute Gasteiger partial charge is 0.490 e. The van der Waals surface area contributed by atoms with Gasteiger partial charge in [-0.05, 0) is 25.0 Å². The number of para-hydroxylation sites is 1. The Bertz CT molecular complexity index is 566. The van der Waals surface area contributed by atoms with Crippen molar-refractivity contribution in [2.75, 3.05) is 26.9 Å². The fraction of sp³-hybridized carbons (Fsp3) is 0.556. The van der Waals surface area contributed by atoms with Crippen LogP contribution in [0.4, 0.5) is 0 Å². The van der Waals surface area contributed by atoms with Crippen molar-refractivity contribution in [1.29, 1.82) is 0 Å². The molecule has 24 heavy (non-hydrogen) atoms. The Labute approximate surface area is 142 Å². The maximum Gasteiger partial charge on any atom is 0.311 e. The molecule has 1 saturated carbocycles. The topological polar surface area (TPSA) is 84.9 Å². The van der Waals surface area contributed by atoms with Crippen LogP contribution in [0.5, 0.6) is 5.75 Å². The van der Waals surface area contributed by atoms with Crippen LogP contribution in [0.2, 0.25) is 0 Å². The molecule has 6 nitrogen and oxygen atoms in total. The zero-order valence-corrected chi connectivity index (χ0v) is 14.0. The number of benzene rings is 1. The highest BCUT2D eigenvalue weighted by Crippen LogP contribution is 2.36. The Morgan fingerprint density at radius 2 is 1.88 bits per heavy atom. The molecule has 1 aliphatic carbocycles. The van der Waals surface area contributed by atoms with Gasteiger partial charge in [0, 0.05) is 13.7 Å². The second-order valence-corrected chi connectivity index (χ2v) is 6.17. The third-order valence-corrected chi connectivity index (χ3v) is 4.53. The van der Waals surface area contributed by atoms with Gasteiger partial charge < -0.3 is 19.9 Å². The number of methoxy groups -OCH3 is 1. The molecule has 0 heterocycles. The van der Waals surface area contributed by atoms with Gasteiger partial charge in [0.05, 0.1) is 17.6 Å². The van der Waals surface area contributed by atoms with Gasteiger partial charge in [0.15, 0.2) is 0 Å². The van der Waals surface area contributed by atoms with E-state index in [1.165, 1.54) is 0 Å². The molecule has 0 radical (unpaired) electrons. The Morgan fingerprint density at radius 1 is 1.17 bits per heavy atom. The van der Waals surface area contributed by atoms with Gasteiger partial charge in [0.25, 0.3) is 5.91 Å². The highest BCUT2D eigenvalue weighted by Gasteiger charge is 2.39. The summed E-state index contributed by atoms with van der Waals surface area (Å²) in [6.07, 6.45) is 4.04. The van der Waals surface area contributed by atoms with Crippen LogP contribution in [0.25, 0.3) is 0 Å². The van der Waals surface area contributed by atoms with Crippen LogP contribution in [-0.2, 0) is 9.53 Å². The van der Waals surface area contributed by atoms with E-state index in [1.807, 2.05) is 0 Å². The Kier molecular flexibility index (Phi) is 6.61. The van der Waals surface area contributed by atoms with E-state index in [1.54, 1.807) is 31.4 Å². The average Bonchev–Trinajstić information content (AvgIpc) is 2.61. The minimum atomic E-state index is -0.847. The normalized spacial score (nSPS) is 16.4. The van der Waals surface area contributed by atoms with E-state index >= 15 is 0 Å². The molecule has 0 aromatic heterocycles. The quantitative estimate of drug-likeness (QED) is 0.713. The number of hydrogen-bond donors (Lipinski definition) is 2. The third kappa shape index (κ3) is 4.47. The van der Waals surface area contributed by atoms with Crippen molar-refractivity contribution in [2.24, 2.45) is 5.41 Å². The molecule has 6 heteroatoms. The van der Waals surface area contributed by atoms with Gasteiger partial charge in [-0.15, -0.1) is 0 Å². The monoisotopic (exact) mass is 335 g/mol. The highest BCUT2D eigenvalue weighted by molar-refractivity contribution is 5.97. The first-order valence-corrected chi connectivity index (χ1v) is 8.31. The molecule has 0 spiro atoms. The van der Waals surface area contributed by atoms with Gasteiger partial charge >= 0.3 is 5.97 Å². The van der Waals surface area contributed by atoms with E-state index in [-0.39, 0.29) is 12.5 Å². The predicted molar refractivity (Wildman–Crippen MR) is 89.3 cm³/mol. The first-order chi connectivity index (χ1) is 11.6. The van der Waals surface area contributed by atoms with Gasteiger partial charge in [0.2, 0.25) is 0 Å². The van der Waals surface area contributed by atoms with Crippen LogP contribution < -0.4 is 10.1 Å². The van der Waals surface area contributed by atoms with Crippen molar-refractivity contribution in [1.82, 2.24) is 5.32 Å². The SMILES string of the molecule is COCCOc1ccccc1C(=O)NCC1(C(=O)O)CCCCC1. The summed E-state index contributed by atoms with van der Waals surface area (Å²) in [4.78, 5) is 24.2. The first kappa shape index (κ1) is 18.3. The fourth-order valence-electron chi connectivity index (χ4n) is 3.05. The molecule has 132 valence electrons. The number of carboxylic acid groups (broad SMARTS) is 1. The molecule has 1 fully saturated rings. The second kappa shape index (κ2) is 8.68. The number of carbonyl (C=O) groups excluding carboxylic acids is 1. The number of carbonyl (C=O) groups is 2. The molecule has 0 aliphatic heterocycles. The molecule has 1 amide bonds. The maximum absolute atomic E-state index is 12.5. The zero-order chi connectivity index (χ0) is 17.4. The fourth-order valence-corrected chi connectivity index (χ4v) is 3.05. The van der Waals surface area contributed by atoms with E-state index in [4.69, 9.17) is 9.47 Å². The number of carboxylic acids is 1. The summed E-state index contributed by atoms with van der Waals surface area (Å²) in [6.45, 7) is 0.922. The van der Waals surface area contributed by atoms with E-state index in [9.17, 15) is 14.7 Å². The molecular weight excluding hydrogens is 310 g/mol. The van der Waals surface area contributed by atoms with Gasteiger partial charge in [-0.2, -0.15) is 0 Å². The molecule has 1 aliphatic rings. The molecule has 0 saturated heterocycles. The highest BCUT2D eigenvalue weighted by atomic mass is 16.5. The van der Waals surface area contributed by atoms with Gasteiger partial charge in [-0.25, -0.2) is 0 Å². The number of ether oxygens (including phenoxy) is 2. The van der Waals surface area contributed by atoms with Gasteiger partial charge in [-0.3, -0.25) is 9.59 Å². The Hall–Kier alpha value is -2.08. The summed E-state index contributed by atoms with van der Waals surface area (Å²) >= 11 is 0. The summed E-state index contributed by atoms with van der Waals surface area (Å²) in [7, 11) is 1.58. The summed E-state index contributed by atoms with van der Waals surface area (Å²) in [5, 5.41) is 12.4. The van der Waals surface area contributed by atoms with Crippen molar-refractivity contribution >= 4 is 11.9 Å². The molecule has 2 N–H and O–H groups in total. The van der Waals surface area contributed by atoms with Crippen LogP contribution in [0.1, 0.15) is 42.5 Å². The first-order valence-electron chi connectivity index (χ1n) is 8.31. The van der Waals surface area contributed by atoms with Crippen molar-refractivity contribution in [2.45, 2.75) is 32.1 Å². The molecular formula is C18H25NO5. The number of aliphatic carboxylic acids is 1. The maximum atomic E-state index is 12.5. The van der Waals surface area contributed by atoms with Crippen molar-refractivity contribution < 1.29 is 24.2 Å². The van der Waals surface area contributed by atoms with Crippen molar-refractivity contribution in [3.8, 4) is 5.75 Å². The standard InChI is InChI=1S/C18H25NO5/c1-23-11-12-24-15-8-4-3-7-14(15)16(20)19-13-18(17(21)22)9-5-2-6-10-18/h3-4,7-8H,2,5-6,9-13H2,1H3,(H,19,20)(H,21,22). The minimum absolute atomic E-state index is 0.146. The van der Waals surface area contributed by atoms with Crippen LogP contribution >= 0.6 is 0 Å². The number of nitrogens with one attached hydrogen (secondary N) is 1. The molecule has 1 aromatic carbocycles. The lowest BCUT2D eigenvalue weighted by atomic mass is 9.74. The summed E-state index contributed by atoms with van der Waals surface area (Å²) in [5.74, 6) is -0.665. The smallest absolute Gasteiger partial charge is 0.311 e. The summed E-state index contributed by atoms with van der Waals surface area (Å²) in [5.41, 5.74) is -0.440. The third-order valence-electron chi connectivity index (χ3n) is 4.53. The van der Waals surface area contributed by atoms with Crippen LogP contribution in [0.3, 0.4) is 0 Å². The van der Waals surface area contributed by atoms with Crippen LogP contribution in [0.15, 0.2) is 24.3 Å². The second-order valence-electron chi connectivity index (χ2n) is 6.17. The predicted octanol–water partition coefficient (Wildman–Crippen LogP) is 2.48. The lowest BCUT2D eigenvalue weighted by molar-refractivity contribution is -0.150. The molecule has 0 unspecified atom stereocenters. The van der Waals surface area contributed by atoms with Gasteiger partial charge in [0.1, 0.15) is 12.4 Å². The summed E-state index contributed by atoms with van der Waals surface area (Å²) in [6, 6.07) is 6.94. The molecule has 1 aromatic rings. The van der Waals surface area contributed by atoms with E-state index in [2.05, 4.69) is 5.32 Å². The lowest BCUT2D eigenvalue weighted by Crippen LogP contribution is -2.44. The van der Waals surface area contributed by atoms with E-state index in [0.717, 1.165) is 19.3 Å². The molecule has 0 atom stereocenters. The number of hydrogen-bond acceptors (Lipinski definition) is 4. The number of amides is 1. The minimum Gasteiger partial charge on any atom is -0.490 e. The van der Waals surface area contributed by atoms with Gasteiger partial charge in [-0.1, -0.05) is 31.4 Å². The van der Waals surface area contributed by atoms with E-state index < -0.39 is 11.4 Å². The number of rotatable bonds is 8. The Balaban J connectivity index is 2.02. The van der Waals surface area contributed by atoms with Crippen LogP contribution in [-0.4, -0.2) is 43.9 Å². The zero-order valence-electron chi connectivity index (χ0n) is 14.0. The van der Waals surface area contributed by atoms with Crippen molar-refractivity contribution in [3.05, 3.63) is 29.8 Å². The average molecular weight is 335 g/mol. The molecule has 2 rings (SSSR count). The van der Waals surface area contributed by atoms with Crippen LogP contribution in [0, 0.1) is 5.41 Å². The summed E-state index contributed by atoms with van der Waals surface area (Å²) < 4.78 is 10.5. The van der Waals surface area contributed by atoms with E-state index in [0.29, 0.717) is 37.4 Å². The Morgan fingerprint density at radius 3 is 2.54 bits per heavy atom. The molecule has 0 bridgehead atoms.